The van der Waals surface area contributed by atoms with E-state index in [0.717, 1.165) is 18.4 Å². The average molecular weight is 374 g/mol. The molecule has 0 aliphatic carbocycles. The van der Waals surface area contributed by atoms with Crippen LogP contribution in [0.15, 0.2) is 30.3 Å². The molecule has 0 saturated heterocycles. The average Bonchev–Trinajstić information content (AvgIpc) is 2.85. The molecular weight excluding hydrogens is 350 g/mol. The fourth-order valence-electron chi connectivity index (χ4n) is 3.05. The van der Waals surface area contributed by atoms with Crippen LogP contribution in [0.1, 0.15) is 35.1 Å². The molecule has 1 aliphatic heterocycles. The molecule has 26 heavy (non-hydrogen) atoms. The van der Waals surface area contributed by atoms with E-state index >= 15 is 0 Å². The normalized spacial score (nSPS) is 13.2. The lowest BCUT2D eigenvalue weighted by Crippen LogP contribution is -2.23. The van der Waals surface area contributed by atoms with E-state index in [9.17, 15) is 4.79 Å². The van der Waals surface area contributed by atoms with Crippen molar-refractivity contribution >= 4 is 17.5 Å². The lowest BCUT2D eigenvalue weighted by atomic mass is 10.0. The molecule has 1 N–H and O–H groups in total. The predicted molar refractivity (Wildman–Crippen MR) is 103 cm³/mol. The summed E-state index contributed by atoms with van der Waals surface area (Å²) in [5.41, 5.74) is 4.58. The van der Waals surface area contributed by atoms with E-state index in [1.165, 1.54) is 16.7 Å². The maximum absolute atomic E-state index is 12.2. The van der Waals surface area contributed by atoms with E-state index in [1.807, 2.05) is 12.1 Å². The first-order chi connectivity index (χ1) is 12.5. The fraction of sp³-hybridized carbons (Fsp3) is 0.381. The van der Waals surface area contributed by atoms with Crippen molar-refractivity contribution < 1.29 is 14.3 Å². The highest BCUT2D eigenvalue weighted by Gasteiger charge is 2.16. The van der Waals surface area contributed by atoms with Crippen LogP contribution in [-0.4, -0.2) is 19.1 Å². The third kappa shape index (κ3) is 4.70. The van der Waals surface area contributed by atoms with E-state index in [2.05, 4.69) is 37.4 Å². The lowest BCUT2D eigenvalue weighted by Gasteiger charge is -2.12. The number of benzene rings is 2. The van der Waals surface area contributed by atoms with Gasteiger partial charge in [0.2, 0.25) is 5.91 Å². The molecule has 2 aromatic rings. The maximum Gasteiger partial charge on any atom is 0.220 e. The predicted octanol–water partition coefficient (Wildman–Crippen LogP) is 4.37. The molecule has 138 valence electrons. The summed E-state index contributed by atoms with van der Waals surface area (Å²) < 4.78 is 11.3. The quantitative estimate of drug-likeness (QED) is 0.846. The summed E-state index contributed by atoms with van der Waals surface area (Å²) in [6, 6.07) is 10.0. The van der Waals surface area contributed by atoms with Crippen LogP contribution < -0.4 is 14.8 Å². The molecule has 3 rings (SSSR count). The van der Waals surface area contributed by atoms with Crippen LogP contribution in [0.25, 0.3) is 0 Å². The molecule has 0 saturated carbocycles. The van der Waals surface area contributed by atoms with Crippen LogP contribution in [0.3, 0.4) is 0 Å². The van der Waals surface area contributed by atoms with Crippen molar-refractivity contribution in [1.82, 2.24) is 5.32 Å². The van der Waals surface area contributed by atoms with Gasteiger partial charge >= 0.3 is 0 Å². The van der Waals surface area contributed by atoms with E-state index in [1.54, 1.807) is 0 Å². The number of aryl methyl sites for hydroxylation is 3. The lowest BCUT2D eigenvalue weighted by molar-refractivity contribution is -0.121. The van der Waals surface area contributed by atoms with Gasteiger partial charge in [-0.25, -0.2) is 0 Å². The molecule has 1 heterocycles. The third-order valence-corrected chi connectivity index (χ3v) is 4.75. The van der Waals surface area contributed by atoms with Crippen LogP contribution in [0.2, 0.25) is 5.02 Å². The highest BCUT2D eigenvalue weighted by molar-refractivity contribution is 6.32. The molecule has 0 bridgehead atoms. The second kappa shape index (κ2) is 8.45. The summed E-state index contributed by atoms with van der Waals surface area (Å²) in [5.74, 6) is 1.26. The molecular formula is C21H24ClNO3. The first-order valence-corrected chi connectivity index (χ1v) is 9.31. The topological polar surface area (TPSA) is 47.6 Å². The Balaban J connectivity index is 1.56. The van der Waals surface area contributed by atoms with Gasteiger partial charge in [-0.05, 0) is 49.1 Å². The Kier molecular flexibility index (Phi) is 6.04. The standard InChI is InChI=1S/C21H24ClNO3/c1-14-4-5-17(15(2)10-14)6-7-20(24)23-13-16-11-18(22)21-19(12-16)25-8-3-9-26-21/h4-5,10-12H,3,6-9,13H2,1-2H3,(H,23,24). The van der Waals surface area contributed by atoms with Crippen molar-refractivity contribution in [1.29, 1.82) is 0 Å². The second-order valence-electron chi connectivity index (χ2n) is 6.66. The number of rotatable bonds is 5. The van der Waals surface area contributed by atoms with Gasteiger partial charge < -0.3 is 14.8 Å². The van der Waals surface area contributed by atoms with Gasteiger partial charge in [-0.15, -0.1) is 0 Å². The summed E-state index contributed by atoms with van der Waals surface area (Å²) >= 11 is 6.29. The smallest absolute Gasteiger partial charge is 0.220 e. The number of nitrogens with one attached hydrogen (secondary N) is 1. The minimum absolute atomic E-state index is 0.0215. The molecule has 5 heteroatoms. The Morgan fingerprint density at radius 2 is 1.96 bits per heavy atom. The van der Waals surface area contributed by atoms with Gasteiger partial charge in [-0.2, -0.15) is 0 Å². The Hall–Kier alpha value is -2.20. The molecule has 1 aliphatic rings. The number of hydrogen-bond acceptors (Lipinski definition) is 3. The highest BCUT2D eigenvalue weighted by atomic mass is 35.5. The minimum atomic E-state index is 0.0215. The number of carbonyl (C=O) groups is 1. The fourth-order valence-corrected chi connectivity index (χ4v) is 3.34. The van der Waals surface area contributed by atoms with Gasteiger partial charge in [0.1, 0.15) is 0 Å². The first-order valence-electron chi connectivity index (χ1n) is 8.94. The zero-order chi connectivity index (χ0) is 18.5. The molecule has 0 fully saturated rings. The number of halogens is 1. The summed E-state index contributed by atoms with van der Waals surface area (Å²) in [4.78, 5) is 12.2. The maximum atomic E-state index is 12.2. The van der Waals surface area contributed by atoms with Crippen LogP contribution >= 0.6 is 11.6 Å². The van der Waals surface area contributed by atoms with Crippen molar-refractivity contribution in [2.75, 3.05) is 13.2 Å². The molecule has 0 atom stereocenters. The van der Waals surface area contributed by atoms with E-state index < -0.39 is 0 Å². The van der Waals surface area contributed by atoms with Gasteiger partial charge in [0.05, 0.1) is 18.2 Å². The van der Waals surface area contributed by atoms with Gasteiger partial charge in [0.25, 0.3) is 0 Å². The van der Waals surface area contributed by atoms with Crippen molar-refractivity contribution in [2.24, 2.45) is 0 Å². The Labute approximate surface area is 159 Å². The minimum Gasteiger partial charge on any atom is -0.489 e. The van der Waals surface area contributed by atoms with Gasteiger partial charge in [-0.3, -0.25) is 4.79 Å². The van der Waals surface area contributed by atoms with E-state index in [4.69, 9.17) is 21.1 Å². The Morgan fingerprint density at radius 3 is 2.77 bits per heavy atom. The Bertz CT molecular complexity index is 804. The molecule has 4 nitrogen and oxygen atoms in total. The van der Waals surface area contributed by atoms with Gasteiger partial charge in [0.15, 0.2) is 11.5 Å². The van der Waals surface area contributed by atoms with Crippen LogP contribution in [0.4, 0.5) is 0 Å². The largest absolute Gasteiger partial charge is 0.489 e. The third-order valence-electron chi connectivity index (χ3n) is 4.47. The summed E-state index contributed by atoms with van der Waals surface area (Å²) in [6.07, 6.45) is 2.03. The molecule has 0 radical (unpaired) electrons. The zero-order valence-electron chi connectivity index (χ0n) is 15.2. The number of fused-ring (bicyclic) bond motifs is 1. The monoisotopic (exact) mass is 373 g/mol. The SMILES string of the molecule is Cc1ccc(CCC(=O)NCc2cc(Cl)c3c(c2)OCCCO3)c(C)c1. The number of ether oxygens (including phenoxy) is 2. The summed E-state index contributed by atoms with van der Waals surface area (Å²) in [6.45, 7) is 5.78. The zero-order valence-corrected chi connectivity index (χ0v) is 16.0. The summed E-state index contributed by atoms with van der Waals surface area (Å²) in [7, 11) is 0. The molecule has 0 unspecified atom stereocenters. The van der Waals surface area contributed by atoms with Crippen molar-refractivity contribution in [3.05, 3.63) is 57.6 Å². The highest BCUT2D eigenvalue weighted by Crippen LogP contribution is 2.37. The first kappa shape index (κ1) is 18.6. The van der Waals surface area contributed by atoms with Crippen molar-refractivity contribution in [2.45, 2.75) is 39.7 Å². The molecule has 0 aromatic heterocycles. The Morgan fingerprint density at radius 1 is 1.15 bits per heavy atom. The summed E-state index contributed by atoms with van der Waals surface area (Å²) in [5, 5.41) is 3.47. The van der Waals surface area contributed by atoms with E-state index in [-0.39, 0.29) is 5.91 Å². The number of hydrogen-bond donors (Lipinski definition) is 1. The van der Waals surface area contributed by atoms with Gasteiger partial charge in [0, 0.05) is 19.4 Å². The molecule has 1 amide bonds. The van der Waals surface area contributed by atoms with Crippen LogP contribution in [0, 0.1) is 13.8 Å². The molecule has 2 aromatic carbocycles. The van der Waals surface area contributed by atoms with Crippen molar-refractivity contribution in [3.8, 4) is 11.5 Å². The van der Waals surface area contributed by atoms with E-state index in [0.29, 0.717) is 42.7 Å². The van der Waals surface area contributed by atoms with Crippen LogP contribution in [0.5, 0.6) is 11.5 Å². The van der Waals surface area contributed by atoms with Crippen molar-refractivity contribution in [3.63, 3.8) is 0 Å². The second-order valence-corrected chi connectivity index (χ2v) is 7.07. The molecule has 0 spiro atoms. The number of amides is 1. The number of carbonyl (C=O) groups excluding carboxylic acids is 1. The van der Waals surface area contributed by atoms with Gasteiger partial charge in [-0.1, -0.05) is 35.4 Å². The van der Waals surface area contributed by atoms with Crippen LogP contribution in [-0.2, 0) is 17.8 Å².